The Morgan fingerprint density at radius 1 is 0.424 bits per heavy atom. The highest BCUT2D eigenvalue weighted by atomic mass is 32.2. The van der Waals surface area contributed by atoms with E-state index in [1.807, 2.05) is 30.2 Å². The maximum atomic E-state index is 4.58. The molecular formula is C54H40BN3S. The second-order valence-electron chi connectivity index (χ2n) is 17.9. The molecule has 0 radical (unpaired) electrons. The third-order valence-electron chi connectivity index (χ3n) is 14.4. The second-order valence-corrected chi connectivity index (χ2v) is 19.0. The van der Waals surface area contributed by atoms with E-state index in [0.717, 1.165) is 5.69 Å². The molecule has 0 unspecified atom stereocenters. The number of rotatable bonds is 2. The van der Waals surface area contributed by atoms with Crippen LogP contribution in [0.25, 0.3) is 0 Å². The van der Waals surface area contributed by atoms with Crippen molar-refractivity contribution in [2.24, 2.45) is 0 Å². The normalized spacial score (nSPS) is 17.1. The molecule has 0 N–H and O–H groups in total. The summed E-state index contributed by atoms with van der Waals surface area (Å²) in [6.07, 6.45) is 3.83. The molecule has 3 nitrogen and oxygen atoms in total. The molecule has 0 bridgehead atoms. The van der Waals surface area contributed by atoms with Crippen LogP contribution in [0, 0.1) is 0 Å². The van der Waals surface area contributed by atoms with Crippen molar-refractivity contribution in [1.29, 1.82) is 0 Å². The van der Waals surface area contributed by atoms with E-state index in [-0.39, 0.29) is 17.5 Å². The molecule has 59 heavy (non-hydrogen) atoms. The summed E-state index contributed by atoms with van der Waals surface area (Å²) >= 11 is 1.97. The number of fused-ring (bicyclic) bond motifs is 8. The Morgan fingerprint density at radius 3 is 1.42 bits per heavy atom. The first-order valence-corrected chi connectivity index (χ1v) is 21.6. The van der Waals surface area contributed by atoms with Gasteiger partial charge in [0, 0.05) is 32.5 Å². The zero-order valence-corrected chi connectivity index (χ0v) is 34.3. The number of anilines is 6. The third kappa shape index (κ3) is 4.05. The standard InChI is InChI=1S/C54H40BN3S/c1-52(2)39-21-13-22-40-49(39)55-50-41(52)23-14-28-47(50)59-48-31-34(30-42(51(48)55)53(40,3)4)58-45-26-11-7-19-37(45)54(38-20-8-12-27-46(38)58)35-17-5-9-24-43(35)57(33-16-15-29-56-32-33)44-25-10-6-18-36(44)54/h5-32H,1-4H3. The van der Waals surface area contributed by atoms with Gasteiger partial charge < -0.3 is 9.80 Å². The molecule has 8 aromatic rings. The van der Waals surface area contributed by atoms with E-state index in [4.69, 9.17) is 0 Å². The predicted molar refractivity (Wildman–Crippen MR) is 245 cm³/mol. The monoisotopic (exact) mass is 773 g/mol. The molecule has 1 aromatic heterocycles. The van der Waals surface area contributed by atoms with Gasteiger partial charge in [-0.3, -0.25) is 4.98 Å². The van der Waals surface area contributed by atoms with Crippen molar-refractivity contribution in [3.63, 3.8) is 0 Å². The molecule has 7 aromatic carbocycles. The maximum absolute atomic E-state index is 4.58. The third-order valence-corrected chi connectivity index (χ3v) is 15.6. The Balaban J connectivity index is 1.09. The fraction of sp³-hybridized carbons (Fsp3) is 0.130. The van der Waals surface area contributed by atoms with E-state index in [9.17, 15) is 0 Å². The highest BCUT2D eigenvalue weighted by Gasteiger charge is 2.54. The van der Waals surface area contributed by atoms with E-state index in [1.54, 1.807) is 0 Å². The van der Waals surface area contributed by atoms with Gasteiger partial charge in [-0.1, -0.05) is 159 Å². The molecule has 0 amide bonds. The Kier molecular flexibility index (Phi) is 6.54. The Morgan fingerprint density at radius 2 is 0.881 bits per heavy atom. The first-order valence-electron chi connectivity index (χ1n) is 20.8. The quantitative estimate of drug-likeness (QED) is 0.163. The van der Waals surface area contributed by atoms with Crippen LogP contribution < -0.4 is 26.2 Å². The molecule has 0 saturated heterocycles. The van der Waals surface area contributed by atoms with Gasteiger partial charge >= 0.3 is 0 Å². The van der Waals surface area contributed by atoms with Crippen molar-refractivity contribution in [2.75, 3.05) is 9.80 Å². The summed E-state index contributed by atoms with van der Waals surface area (Å²) in [7, 11) is 0. The molecule has 0 aliphatic carbocycles. The van der Waals surface area contributed by atoms with Crippen molar-refractivity contribution in [2.45, 2.75) is 53.7 Å². The largest absolute Gasteiger partial charge is 0.310 e. The highest BCUT2D eigenvalue weighted by molar-refractivity contribution is 8.00. The number of nitrogens with zero attached hydrogens (tertiary/aromatic N) is 3. The Bertz CT molecular complexity index is 3030. The molecule has 13 rings (SSSR count). The zero-order valence-electron chi connectivity index (χ0n) is 33.5. The van der Waals surface area contributed by atoms with Gasteiger partial charge in [-0.15, -0.1) is 0 Å². The average molecular weight is 774 g/mol. The number of benzene rings is 7. The summed E-state index contributed by atoms with van der Waals surface area (Å²) in [6.45, 7) is 10.0. The summed E-state index contributed by atoms with van der Waals surface area (Å²) in [6, 6.07) is 59.8. The lowest BCUT2D eigenvalue weighted by atomic mass is 9.27. The minimum Gasteiger partial charge on any atom is -0.310 e. The maximum Gasteiger partial charge on any atom is 0.245 e. The van der Waals surface area contributed by atoms with Gasteiger partial charge in [-0.25, -0.2) is 0 Å². The van der Waals surface area contributed by atoms with Gasteiger partial charge in [0.05, 0.1) is 40.0 Å². The summed E-state index contributed by atoms with van der Waals surface area (Å²) < 4.78 is 0. The van der Waals surface area contributed by atoms with Gasteiger partial charge in [-0.05, 0) is 99.1 Å². The number of aromatic nitrogens is 1. The molecule has 5 aliphatic rings. The Labute approximate surface area is 350 Å². The Hall–Kier alpha value is -6.30. The van der Waals surface area contributed by atoms with Crippen LogP contribution in [0.5, 0.6) is 0 Å². The van der Waals surface area contributed by atoms with Crippen molar-refractivity contribution >= 4 is 69.0 Å². The second kappa shape index (κ2) is 11.5. The van der Waals surface area contributed by atoms with Crippen molar-refractivity contribution in [3.05, 3.63) is 215 Å². The molecule has 5 aliphatic heterocycles. The van der Waals surface area contributed by atoms with Gasteiger partial charge in [0.1, 0.15) is 0 Å². The SMILES string of the molecule is CC1(C)c2cccc3c2B2c4c(cc(N5c6ccccc6C6(c7ccccc7N(c7cccnc7)c7ccccc76)c6ccccc65)cc4C(C)(C)c4cccc1c42)S3. The van der Waals surface area contributed by atoms with Gasteiger partial charge in [0.2, 0.25) is 6.71 Å². The van der Waals surface area contributed by atoms with E-state index >= 15 is 0 Å². The average Bonchev–Trinajstić information content (AvgIpc) is 3.27. The molecule has 1 spiro atoms. The van der Waals surface area contributed by atoms with Crippen molar-refractivity contribution < 1.29 is 0 Å². The van der Waals surface area contributed by atoms with Crippen LogP contribution in [-0.2, 0) is 16.2 Å². The summed E-state index contributed by atoms with van der Waals surface area (Å²) in [5.41, 5.74) is 21.6. The summed E-state index contributed by atoms with van der Waals surface area (Å²) in [5.74, 6) is 0. The number of hydrogen-bond donors (Lipinski definition) is 0. The molecule has 6 heterocycles. The number of para-hydroxylation sites is 4. The van der Waals surface area contributed by atoms with Crippen LogP contribution in [-0.4, -0.2) is 11.7 Å². The van der Waals surface area contributed by atoms with Crippen LogP contribution in [0.4, 0.5) is 34.1 Å². The smallest absolute Gasteiger partial charge is 0.245 e. The molecule has 280 valence electrons. The minimum absolute atomic E-state index is 0.0681. The van der Waals surface area contributed by atoms with E-state index in [1.165, 1.54) is 99.1 Å². The molecular weight excluding hydrogens is 733 g/mol. The van der Waals surface area contributed by atoms with Crippen LogP contribution in [0.3, 0.4) is 0 Å². The first-order chi connectivity index (χ1) is 28.8. The fourth-order valence-electron chi connectivity index (χ4n) is 12.0. The van der Waals surface area contributed by atoms with E-state index < -0.39 is 5.41 Å². The number of pyridine rings is 1. The van der Waals surface area contributed by atoms with Crippen LogP contribution >= 0.6 is 11.8 Å². The van der Waals surface area contributed by atoms with Gasteiger partial charge in [0.25, 0.3) is 0 Å². The molecule has 0 saturated carbocycles. The predicted octanol–water partition coefficient (Wildman–Crippen LogP) is 11.3. The van der Waals surface area contributed by atoms with Crippen LogP contribution in [0.2, 0.25) is 0 Å². The number of hydrogen-bond acceptors (Lipinski definition) is 4. The molecule has 0 atom stereocenters. The summed E-state index contributed by atoms with van der Waals surface area (Å²) in [5, 5.41) is 0. The topological polar surface area (TPSA) is 19.4 Å². The lowest BCUT2D eigenvalue weighted by Crippen LogP contribution is -2.68. The van der Waals surface area contributed by atoms with Crippen molar-refractivity contribution in [1.82, 2.24) is 4.98 Å². The molecule has 5 heteroatoms. The highest BCUT2D eigenvalue weighted by Crippen LogP contribution is 2.64. The fourth-order valence-corrected chi connectivity index (χ4v) is 13.3. The van der Waals surface area contributed by atoms with Gasteiger partial charge in [0.15, 0.2) is 0 Å². The van der Waals surface area contributed by atoms with Crippen LogP contribution in [0.15, 0.2) is 180 Å². The van der Waals surface area contributed by atoms with Crippen molar-refractivity contribution in [3.8, 4) is 0 Å². The lowest BCUT2D eigenvalue weighted by molar-refractivity contribution is 0.619. The minimum atomic E-state index is -0.578. The molecule has 0 fully saturated rings. The van der Waals surface area contributed by atoms with E-state index in [2.05, 4.69) is 194 Å². The van der Waals surface area contributed by atoms with Crippen LogP contribution in [0.1, 0.15) is 72.2 Å². The van der Waals surface area contributed by atoms with Gasteiger partial charge in [-0.2, -0.15) is 0 Å². The summed E-state index contributed by atoms with van der Waals surface area (Å²) in [4.78, 5) is 12.3. The lowest BCUT2D eigenvalue weighted by Gasteiger charge is -2.52. The van der Waals surface area contributed by atoms with E-state index in [0.29, 0.717) is 0 Å². The zero-order chi connectivity index (χ0) is 39.4. The first kappa shape index (κ1) is 33.7.